The Morgan fingerprint density at radius 1 is 1.21 bits per heavy atom. The number of piperidine rings is 1. The first-order valence-corrected chi connectivity index (χ1v) is 10.1. The molecule has 28 heavy (non-hydrogen) atoms. The van der Waals surface area contributed by atoms with Gasteiger partial charge >= 0.3 is 0 Å². The number of hydrogen-bond acceptors (Lipinski definition) is 4. The molecule has 1 aromatic carbocycles. The van der Waals surface area contributed by atoms with E-state index in [4.69, 9.17) is 4.74 Å². The summed E-state index contributed by atoms with van der Waals surface area (Å²) in [6.45, 7) is 7.08. The van der Waals surface area contributed by atoms with Gasteiger partial charge in [-0.1, -0.05) is 30.3 Å². The molecule has 0 amide bonds. The molecule has 2 N–H and O–H groups in total. The summed E-state index contributed by atoms with van der Waals surface area (Å²) in [5, 5.41) is 7.04. The van der Waals surface area contributed by atoms with Gasteiger partial charge in [-0.25, -0.2) is 0 Å². The van der Waals surface area contributed by atoms with Crippen LogP contribution in [-0.4, -0.2) is 82.3 Å². The smallest absolute Gasteiger partial charge is 0.191 e. The van der Waals surface area contributed by atoms with E-state index < -0.39 is 0 Å². The standard InChI is InChI=1S/C21H37N5O.HI/c1-22-21(23-12-7-13-25(2)16-17-27-3)24-20-10-14-26(15-11-20)18-19-8-5-4-6-9-19;/h4-6,8-9,20H,7,10-18H2,1-3H3,(H2,22,23,24);1H. The van der Waals surface area contributed by atoms with Gasteiger partial charge in [-0.15, -0.1) is 24.0 Å². The van der Waals surface area contributed by atoms with Crippen LogP contribution in [0.25, 0.3) is 0 Å². The van der Waals surface area contributed by atoms with Gasteiger partial charge in [0.1, 0.15) is 0 Å². The van der Waals surface area contributed by atoms with Crippen molar-refractivity contribution < 1.29 is 4.74 Å². The van der Waals surface area contributed by atoms with E-state index in [0.717, 1.165) is 71.1 Å². The Morgan fingerprint density at radius 3 is 2.57 bits per heavy atom. The number of halogens is 1. The average molecular weight is 503 g/mol. The van der Waals surface area contributed by atoms with Crippen molar-refractivity contribution >= 4 is 29.9 Å². The molecule has 0 spiro atoms. The lowest BCUT2D eigenvalue weighted by molar-refractivity contribution is 0.161. The highest BCUT2D eigenvalue weighted by atomic mass is 127. The summed E-state index contributed by atoms with van der Waals surface area (Å²) in [5.41, 5.74) is 1.40. The predicted molar refractivity (Wildman–Crippen MR) is 129 cm³/mol. The van der Waals surface area contributed by atoms with Crippen molar-refractivity contribution in [1.82, 2.24) is 20.4 Å². The van der Waals surface area contributed by atoms with Crippen LogP contribution in [0.1, 0.15) is 24.8 Å². The lowest BCUT2D eigenvalue weighted by atomic mass is 10.0. The number of ether oxygens (including phenoxy) is 1. The Kier molecular flexibility index (Phi) is 13.5. The van der Waals surface area contributed by atoms with Crippen LogP contribution >= 0.6 is 24.0 Å². The number of rotatable bonds is 10. The Labute approximate surface area is 188 Å². The number of aliphatic imine (C=N–C) groups is 1. The molecule has 0 saturated carbocycles. The van der Waals surface area contributed by atoms with Crippen LogP contribution in [-0.2, 0) is 11.3 Å². The molecule has 6 nitrogen and oxygen atoms in total. The van der Waals surface area contributed by atoms with Gasteiger partial charge in [0.05, 0.1) is 6.61 Å². The van der Waals surface area contributed by atoms with E-state index in [9.17, 15) is 0 Å². The van der Waals surface area contributed by atoms with Crippen LogP contribution in [0.5, 0.6) is 0 Å². The maximum atomic E-state index is 5.11. The lowest BCUT2D eigenvalue weighted by Crippen LogP contribution is -2.48. The largest absolute Gasteiger partial charge is 0.383 e. The minimum Gasteiger partial charge on any atom is -0.383 e. The number of likely N-dealkylation sites (N-methyl/N-ethyl adjacent to an activating group) is 1. The fourth-order valence-corrected chi connectivity index (χ4v) is 3.38. The summed E-state index contributed by atoms with van der Waals surface area (Å²) in [4.78, 5) is 9.22. The number of benzene rings is 1. The molecule has 1 aliphatic heterocycles. The molecule has 0 unspecified atom stereocenters. The van der Waals surface area contributed by atoms with Crippen LogP contribution in [0.3, 0.4) is 0 Å². The monoisotopic (exact) mass is 503 g/mol. The van der Waals surface area contributed by atoms with Gasteiger partial charge in [0, 0.05) is 52.9 Å². The summed E-state index contributed by atoms with van der Waals surface area (Å²) in [6, 6.07) is 11.2. The van der Waals surface area contributed by atoms with E-state index >= 15 is 0 Å². The molecule has 0 aliphatic carbocycles. The molecule has 0 atom stereocenters. The Bertz CT molecular complexity index is 535. The number of guanidine groups is 1. The first kappa shape index (κ1) is 25.1. The highest BCUT2D eigenvalue weighted by molar-refractivity contribution is 14.0. The van der Waals surface area contributed by atoms with Gasteiger partial charge in [0.2, 0.25) is 0 Å². The minimum absolute atomic E-state index is 0. The Balaban J connectivity index is 0.00000392. The van der Waals surface area contributed by atoms with E-state index in [-0.39, 0.29) is 24.0 Å². The Hall–Kier alpha value is -0.900. The topological polar surface area (TPSA) is 52.1 Å². The van der Waals surface area contributed by atoms with Gasteiger partial charge in [0.15, 0.2) is 5.96 Å². The van der Waals surface area contributed by atoms with Crippen molar-refractivity contribution in [3.05, 3.63) is 35.9 Å². The van der Waals surface area contributed by atoms with Crippen molar-refractivity contribution in [1.29, 1.82) is 0 Å². The maximum Gasteiger partial charge on any atom is 0.191 e. The summed E-state index contributed by atoms with van der Waals surface area (Å²) in [7, 11) is 5.73. The summed E-state index contributed by atoms with van der Waals surface area (Å²) >= 11 is 0. The summed E-state index contributed by atoms with van der Waals surface area (Å²) < 4.78 is 5.11. The molecule has 7 heteroatoms. The fraction of sp³-hybridized carbons (Fsp3) is 0.667. The highest BCUT2D eigenvalue weighted by Gasteiger charge is 2.19. The second-order valence-corrected chi connectivity index (χ2v) is 7.33. The minimum atomic E-state index is 0. The normalized spacial score (nSPS) is 16.1. The van der Waals surface area contributed by atoms with Gasteiger partial charge in [0.25, 0.3) is 0 Å². The SMILES string of the molecule is CN=C(NCCCN(C)CCOC)NC1CCN(Cc2ccccc2)CC1.I. The van der Waals surface area contributed by atoms with Crippen LogP contribution in [0.4, 0.5) is 0 Å². The fourth-order valence-electron chi connectivity index (χ4n) is 3.38. The highest BCUT2D eigenvalue weighted by Crippen LogP contribution is 2.13. The quantitative estimate of drug-likeness (QED) is 0.222. The van der Waals surface area contributed by atoms with Crippen molar-refractivity contribution in [2.24, 2.45) is 4.99 Å². The molecule has 0 bridgehead atoms. The maximum absolute atomic E-state index is 5.11. The molecular formula is C21H38IN5O. The summed E-state index contributed by atoms with van der Waals surface area (Å²) in [5.74, 6) is 0.927. The van der Waals surface area contributed by atoms with Gasteiger partial charge in [-0.05, 0) is 38.4 Å². The third kappa shape index (κ3) is 10.0. The molecule has 2 rings (SSSR count). The van der Waals surface area contributed by atoms with E-state index in [1.807, 2.05) is 7.05 Å². The molecule has 1 heterocycles. The summed E-state index contributed by atoms with van der Waals surface area (Å²) in [6.07, 6.45) is 3.41. The van der Waals surface area contributed by atoms with Crippen molar-refractivity contribution in [2.75, 3.05) is 60.5 Å². The van der Waals surface area contributed by atoms with Crippen LogP contribution in [0.15, 0.2) is 35.3 Å². The number of hydrogen-bond donors (Lipinski definition) is 2. The lowest BCUT2D eigenvalue weighted by Gasteiger charge is -2.33. The van der Waals surface area contributed by atoms with Crippen molar-refractivity contribution in [3.8, 4) is 0 Å². The van der Waals surface area contributed by atoms with E-state index in [1.165, 1.54) is 5.56 Å². The third-order valence-corrected chi connectivity index (χ3v) is 5.09. The van der Waals surface area contributed by atoms with Gasteiger partial charge in [-0.2, -0.15) is 0 Å². The van der Waals surface area contributed by atoms with Crippen molar-refractivity contribution in [2.45, 2.75) is 31.8 Å². The second kappa shape index (κ2) is 15.0. The number of methoxy groups -OCH3 is 1. The van der Waals surface area contributed by atoms with Crippen LogP contribution in [0, 0.1) is 0 Å². The zero-order chi connectivity index (χ0) is 19.3. The molecule has 0 aromatic heterocycles. The van der Waals surface area contributed by atoms with E-state index in [2.05, 4.69) is 62.8 Å². The van der Waals surface area contributed by atoms with Crippen molar-refractivity contribution in [3.63, 3.8) is 0 Å². The Morgan fingerprint density at radius 2 is 1.93 bits per heavy atom. The molecule has 1 aromatic rings. The zero-order valence-electron chi connectivity index (χ0n) is 17.7. The van der Waals surface area contributed by atoms with Crippen LogP contribution < -0.4 is 10.6 Å². The van der Waals surface area contributed by atoms with Gasteiger partial charge in [-0.3, -0.25) is 9.89 Å². The second-order valence-electron chi connectivity index (χ2n) is 7.33. The molecular weight excluding hydrogens is 465 g/mol. The van der Waals surface area contributed by atoms with Gasteiger partial charge < -0.3 is 20.3 Å². The molecule has 160 valence electrons. The molecule has 1 aliphatic rings. The zero-order valence-corrected chi connectivity index (χ0v) is 20.0. The van der Waals surface area contributed by atoms with E-state index in [1.54, 1.807) is 7.11 Å². The predicted octanol–water partition coefficient (Wildman–Crippen LogP) is 2.40. The first-order chi connectivity index (χ1) is 13.2. The van der Waals surface area contributed by atoms with E-state index in [0.29, 0.717) is 6.04 Å². The van der Waals surface area contributed by atoms with Crippen LogP contribution in [0.2, 0.25) is 0 Å². The number of nitrogens with one attached hydrogen (secondary N) is 2. The number of nitrogens with zero attached hydrogens (tertiary/aromatic N) is 3. The third-order valence-electron chi connectivity index (χ3n) is 5.09. The number of likely N-dealkylation sites (tertiary alicyclic amines) is 1. The average Bonchev–Trinajstić information content (AvgIpc) is 2.70. The molecule has 1 fully saturated rings. The first-order valence-electron chi connectivity index (χ1n) is 10.1. The molecule has 0 radical (unpaired) electrons. The molecule has 1 saturated heterocycles.